The zero-order valence-corrected chi connectivity index (χ0v) is 9.62. The molecule has 0 saturated carbocycles. The third-order valence-electron chi connectivity index (χ3n) is 1.90. The number of thiophene rings is 1. The molecule has 0 saturated heterocycles. The van der Waals surface area contributed by atoms with E-state index in [2.05, 4.69) is 5.32 Å². The van der Waals surface area contributed by atoms with Crippen LogP contribution in [0.2, 0.25) is 0 Å². The van der Waals surface area contributed by atoms with E-state index in [0.717, 1.165) is 24.3 Å². The summed E-state index contributed by atoms with van der Waals surface area (Å²) in [6.45, 7) is 0.814. The monoisotopic (exact) mass is 240 g/mol. The molecule has 1 aromatic heterocycles. The number of rotatable bonds is 6. The highest BCUT2D eigenvalue weighted by Gasteiger charge is 2.16. The van der Waals surface area contributed by atoms with Gasteiger partial charge in [0.25, 0.3) is 0 Å². The molecule has 0 aliphatic carbocycles. The van der Waals surface area contributed by atoms with Gasteiger partial charge in [-0.2, -0.15) is 0 Å². The molecule has 1 aromatic rings. The smallest absolute Gasteiger partial charge is 0.319 e. The quantitative estimate of drug-likeness (QED) is 0.357. The Hall–Kier alpha value is -1.53. The van der Waals surface area contributed by atoms with Gasteiger partial charge in [0.2, 0.25) is 0 Å². The summed E-state index contributed by atoms with van der Waals surface area (Å²) in [7, 11) is 1.84. The Morgan fingerprint density at radius 2 is 2.38 bits per heavy atom. The number of nitrogens with zero attached hydrogens (tertiary/aromatic N) is 1. The first-order valence-corrected chi connectivity index (χ1v) is 5.55. The molecular weight excluding hydrogens is 228 g/mol. The van der Waals surface area contributed by atoms with E-state index in [1.807, 2.05) is 13.1 Å². The van der Waals surface area contributed by atoms with Crippen molar-refractivity contribution in [1.82, 2.24) is 5.32 Å². The van der Waals surface area contributed by atoms with Crippen molar-refractivity contribution in [1.29, 1.82) is 0 Å². The lowest BCUT2D eigenvalue weighted by atomic mass is 10.2. The number of nitro groups is 1. The summed E-state index contributed by atoms with van der Waals surface area (Å²) in [6, 6.07) is 1.53. The zero-order valence-electron chi connectivity index (χ0n) is 8.80. The van der Waals surface area contributed by atoms with Crippen LogP contribution in [0.15, 0.2) is 12.1 Å². The van der Waals surface area contributed by atoms with Crippen LogP contribution in [0.1, 0.15) is 21.7 Å². The third-order valence-corrected chi connectivity index (χ3v) is 2.93. The molecule has 0 unspecified atom stereocenters. The Morgan fingerprint density at radius 3 is 2.94 bits per heavy atom. The van der Waals surface area contributed by atoms with Gasteiger partial charge in [-0.25, -0.2) is 0 Å². The van der Waals surface area contributed by atoms with Crippen molar-refractivity contribution >= 4 is 28.7 Å². The lowest BCUT2D eigenvalue weighted by Crippen LogP contribution is -2.05. The average Bonchev–Trinajstić information content (AvgIpc) is 2.68. The fourth-order valence-electron chi connectivity index (χ4n) is 1.17. The number of aldehydes is 1. The molecule has 0 aliphatic heterocycles. The minimum Gasteiger partial charge on any atom is -0.319 e. The minimum absolute atomic E-state index is 0.0165. The summed E-state index contributed by atoms with van der Waals surface area (Å²) < 4.78 is 0. The predicted octanol–water partition coefficient (Wildman–Crippen LogP) is 2.09. The average molecular weight is 240 g/mol. The van der Waals surface area contributed by atoms with Gasteiger partial charge in [0.15, 0.2) is 6.29 Å². The minimum atomic E-state index is -0.463. The number of nitrogens with one attached hydrogen (secondary N) is 1. The molecule has 1 heterocycles. The second kappa shape index (κ2) is 6.14. The van der Waals surface area contributed by atoms with Gasteiger partial charge in [0.05, 0.1) is 15.4 Å². The van der Waals surface area contributed by atoms with Gasteiger partial charge in [-0.3, -0.25) is 14.9 Å². The fraction of sp³-hybridized carbons (Fsp3) is 0.300. The lowest BCUT2D eigenvalue weighted by molar-refractivity contribution is -0.380. The van der Waals surface area contributed by atoms with Crippen molar-refractivity contribution in [3.8, 4) is 0 Å². The van der Waals surface area contributed by atoms with Crippen LogP contribution in [0.25, 0.3) is 6.08 Å². The van der Waals surface area contributed by atoms with Crippen molar-refractivity contribution < 1.29 is 9.72 Å². The third kappa shape index (κ3) is 3.25. The van der Waals surface area contributed by atoms with Gasteiger partial charge in [0.1, 0.15) is 0 Å². The van der Waals surface area contributed by atoms with Crippen molar-refractivity contribution in [3.63, 3.8) is 0 Å². The molecule has 0 spiro atoms. The van der Waals surface area contributed by atoms with Gasteiger partial charge < -0.3 is 5.32 Å². The first-order chi connectivity index (χ1) is 7.69. The van der Waals surface area contributed by atoms with E-state index in [1.165, 1.54) is 6.07 Å². The first kappa shape index (κ1) is 12.5. The normalized spacial score (nSPS) is 10.8. The van der Waals surface area contributed by atoms with Crippen LogP contribution in [0.3, 0.4) is 0 Å². The summed E-state index contributed by atoms with van der Waals surface area (Å²) >= 11 is 0.897. The molecular formula is C10H12N2O3S. The fourth-order valence-corrected chi connectivity index (χ4v) is 1.95. The van der Waals surface area contributed by atoms with Gasteiger partial charge in [0, 0.05) is 0 Å². The molecule has 5 nitrogen and oxygen atoms in total. The number of carbonyl (C=O) groups is 1. The predicted molar refractivity (Wildman–Crippen MR) is 63.9 cm³/mol. The molecule has 86 valence electrons. The van der Waals surface area contributed by atoms with E-state index in [0.29, 0.717) is 16.7 Å². The van der Waals surface area contributed by atoms with Gasteiger partial charge in [-0.05, 0) is 26.1 Å². The van der Waals surface area contributed by atoms with Gasteiger partial charge >= 0.3 is 5.00 Å². The maximum atomic E-state index is 10.7. The lowest BCUT2D eigenvalue weighted by Gasteiger charge is -1.91. The van der Waals surface area contributed by atoms with E-state index in [-0.39, 0.29) is 5.00 Å². The van der Waals surface area contributed by atoms with Gasteiger partial charge in [-0.1, -0.05) is 23.5 Å². The molecule has 16 heavy (non-hydrogen) atoms. The molecule has 0 aromatic carbocycles. The summed E-state index contributed by atoms with van der Waals surface area (Å²) in [6.07, 6.45) is 4.95. The van der Waals surface area contributed by atoms with Crippen molar-refractivity contribution in [2.24, 2.45) is 0 Å². The van der Waals surface area contributed by atoms with Crippen LogP contribution in [0.5, 0.6) is 0 Å². The van der Waals surface area contributed by atoms with E-state index >= 15 is 0 Å². The van der Waals surface area contributed by atoms with Crippen LogP contribution in [-0.4, -0.2) is 24.8 Å². The highest BCUT2D eigenvalue weighted by atomic mass is 32.1. The van der Waals surface area contributed by atoms with Crippen LogP contribution in [0, 0.1) is 10.1 Å². The van der Waals surface area contributed by atoms with E-state index in [9.17, 15) is 14.9 Å². The Morgan fingerprint density at radius 1 is 1.62 bits per heavy atom. The van der Waals surface area contributed by atoms with Crippen molar-refractivity contribution in [2.45, 2.75) is 6.42 Å². The van der Waals surface area contributed by atoms with E-state index in [4.69, 9.17) is 0 Å². The summed E-state index contributed by atoms with van der Waals surface area (Å²) in [4.78, 5) is 21.1. The van der Waals surface area contributed by atoms with Gasteiger partial charge in [-0.15, -0.1) is 0 Å². The molecule has 0 radical (unpaired) electrons. The topological polar surface area (TPSA) is 72.2 Å². The maximum absolute atomic E-state index is 10.7. The summed E-state index contributed by atoms with van der Waals surface area (Å²) in [5.41, 5.74) is 0.494. The molecule has 6 heteroatoms. The molecule has 0 aliphatic rings. The largest absolute Gasteiger partial charge is 0.331 e. The molecule has 0 amide bonds. The van der Waals surface area contributed by atoms with E-state index < -0.39 is 4.92 Å². The highest BCUT2D eigenvalue weighted by molar-refractivity contribution is 7.17. The number of hydrogen-bond acceptors (Lipinski definition) is 5. The zero-order chi connectivity index (χ0) is 12.0. The first-order valence-electron chi connectivity index (χ1n) is 4.73. The van der Waals surface area contributed by atoms with Crippen LogP contribution < -0.4 is 5.32 Å². The molecule has 0 bridgehead atoms. The Balaban J connectivity index is 2.84. The van der Waals surface area contributed by atoms with E-state index in [1.54, 1.807) is 6.08 Å². The van der Waals surface area contributed by atoms with Crippen molar-refractivity contribution in [2.75, 3.05) is 13.6 Å². The Labute approximate surface area is 96.9 Å². The summed E-state index contributed by atoms with van der Waals surface area (Å²) in [5.74, 6) is 0. The Kier molecular flexibility index (Phi) is 4.81. The standard InChI is InChI=1S/C10H12N2O3S/c1-11-5-3-2-4-8-6-9(7-13)16-10(8)12(14)15/h2,4,6-7,11H,3,5H2,1H3. The SMILES string of the molecule is CNCCC=Cc1cc(C=O)sc1[N+](=O)[O-]. The van der Waals surface area contributed by atoms with Crippen LogP contribution in [-0.2, 0) is 0 Å². The second-order valence-electron chi connectivity index (χ2n) is 3.08. The van der Waals surface area contributed by atoms with Crippen LogP contribution >= 0.6 is 11.3 Å². The molecule has 1 N–H and O–H groups in total. The Bertz CT molecular complexity index is 412. The molecule has 0 fully saturated rings. The maximum Gasteiger partial charge on any atom is 0.331 e. The molecule has 1 rings (SSSR count). The highest BCUT2D eigenvalue weighted by Crippen LogP contribution is 2.30. The second-order valence-corrected chi connectivity index (χ2v) is 4.14. The number of hydrogen-bond donors (Lipinski definition) is 1. The van der Waals surface area contributed by atoms with Crippen molar-refractivity contribution in [3.05, 3.63) is 32.7 Å². The van der Waals surface area contributed by atoms with Crippen LogP contribution in [0.4, 0.5) is 5.00 Å². The number of carbonyl (C=O) groups excluding carboxylic acids is 1. The molecule has 0 atom stereocenters. The summed E-state index contributed by atoms with van der Waals surface area (Å²) in [5, 5.41) is 13.7.